The van der Waals surface area contributed by atoms with E-state index in [0.29, 0.717) is 26.3 Å². The molecule has 1 aromatic carbocycles. The fraction of sp³-hybridized carbons (Fsp3) is 0.591. The summed E-state index contributed by atoms with van der Waals surface area (Å²) in [7, 11) is 0. The summed E-state index contributed by atoms with van der Waals surface area (Å²) in [5.41, 5.74) is 0.509. The smallest absolute Gasteiger partial charge is 0.414 e. The minimum Gasteiger partial charge on any atom is -0.442 e. The van der Waals surface area contributed by atoms with E-state index >= 15 is 4.39 Å². The van der Waals surface area contributed by atoms with Gasteiger partial charge in [-0.2, -0.15) is 8.78 Å². The number of anilines is 2. The summed E-state index contributed by atoms with van der Waals surface area (Å²) in [5, 5.41) is 6.17. The summed E-state index contributed by atoms with van der Waals surface area (Å²) >= 11 is 0. The van der Waals surface area contributed by atoms with Gasteiger partial charge in [0, 0.05) is 32.3 Å². The van der Waals surface area contributed by atoms with E-state index in [-0.39, 0.29) is 49.7 Å². The van der Waals surface area contributed by atoms with Crippen LogP contribution in [0.15, 0.2) is 18.2 Å². The zero-order valence-corrected chi connectivity index (χ0v) is 19.5. The molecule has 2 N–H and O–H groups in total. The van der Waals surface area contributed by atoms with E-state index in [9.17, 15) is 23.2 Å². The Morgan fingerprint density at radius 1 is 1.11 bits per heavy atom. The first kappa shape index (κ1) is 25.8. The Balaban J connectivity index is 1.32. The van der Waals surface area contributed by atoms with E-state index in [1.165, 1.54) is 22.1 Å². The van der Waals surface area contributed by atoms with Crippen LogP contribution in [0, 0.1) is 5.82 Å². The first-order chi connectivity index (χ1) is 17.3. The van der Waals surface area contributed by atoms with Gasteiger partial charge in [-0.1, -0.05) is 0 Å². The maximum Gasteiger partial charge on any atom is 0.414 e. The Labute approximate surface area is 205 Å². The highest BCUT2D eigenvalue weighted by atomic mass is 19.3. The molecule has 14 heteroatoms. The Kier molecular flexibility index (Phi) is 8.36. The third kappa shape index (κ3) is 6.29. The van der Waals surface area contributed by atoms with Gasteiger partial charge in [-0.05, 0) is 31.0 Å². The fourth-order valence-electron chi connectivity index (χ4n) is 4.19. The first-order valence-corrected chi connectivity index (χ1v) is 11.7. The van der Waals surface area contributed by atoms with E-state index in [1.807, 2.05) is 5.32 Å². The summed E-state index contributed by atoms with van der Waals surface area (Å²) in [5.74, 6) is -2.05. The molecule has 3 aliphatic rings. The summed E-state index contributed by atoms with van der Waals surface area (Å²) in [6, 6.07) is 3.92. The zero-order chi connectivity index (χ0) is 25.7. The predicted molar refractivity (Wildman–Crippen MR) is 120 cm³/mol. The highest BCUT2D eigenvalue weighted by Crippen LogP contribution is 2.28. The molecule has 0 aromatic heterocycles. The largest absolute Gasteiger partial charge is 0.442 e. The number of hydrogen-bond acceptors (Lipinski definition) is 7. The Morgan fingerprint density at radius 3 is 2.61 bits per heavy atom. The zero-order valence-electron chi connectivity index (χ0n) is 19.5. The van der Waals surface area contributed by atoms with E-state index in [2.05, 4.69) is 5.32 Å². The highest BCUT2D eigenvalue weighted by molar-refractivity contribution is 5.90. The monoisotopic (exact) mass is 515 g/mol. The number of hydroxylamine groups is 2. The molecule has 0 aliphatic carbocycles. The number of nitrogens with zero attached hydrogens (tertiary/aromatic N) is 3. The molecule has 1 atom stereocenters. The lowest BCUT2D eigenvalue weighted by Crippen LogP contribution is -2.47. The van der Waals surface area contributed by atoms with Crippen LogP contribution >= 0.6 is 0 Å². The maximum absolute atomic E-state index is 15.0. The lowest BCUT2D eigenvalue weighted by molar-refractivity contribution is -0.132. The molecule has 3 aliphatic heterocycles. The molecule has 0 bridgehead atoms. The maximum atomic E-state index is 15.0. The molecule has 0 spiro atoms. The number of ether oxygens (including phenoxy) is 2. The first-order valence-electron chi connectivity index (χ1n) is 11.7. The predicted octanol–water partition coefficient (Wildman–Crippen LogP) is 1.47. The number of rotatable bonds is 6. The fourth-order valence-corrected chi connectivity index (χ4v) is 4.19. The lowest BCUT2D eigenvalue weighted by atomic mass is 10.1. The van der Waals surface area contributed by atoms with Gasteiger partial charge in [0.2, 0.25) is 0 Å². The van der Waals surface area contributed by atoms with Crippen molar-refractivity contribution < 1.29 is 41.9 Å². The molecule has 0 radical (unpaired) electrons. The molecule has 3 saturated heterocycles. The Morgan fingerprint density at radius 2 is 1.89 bits per heavy atom. The van der Waals surface area contributed by atoms with E-state index in [4.69, 9.17) is 14.3 Å². The van der Waals surface area contributed by atoms with E-state index in [1.54, 1.807) is 11.0 Å². The van der Waals surface area contributed by atoms with Gasteiger partial charge in [0.25, 0.3) is 5.91 Å². The number of hydrogen-bond donors (Lipinski definition) is 2. The summed E-state index contributed by atoms with van der Waals surface area (Å²) in [6.07, 6.45) is -3.31. The SMILES string of the molecule is O=C(NC[C@H]1CN(c2ccc(N3CCON(C(=O)NC4CCOCC4)CC3)c(F)c2)C(=O)O1)C(F)F. The van der Waals surface area contributed by atoms with Crippen LogP contribution in [0.1, 0.15) is 12.8 Å². The quantitative estimate of drug-likeness (QED) is 0.590. The van der Waals surface area contributed by atoms with Crippen LogP contribution in [0.4, 0.5) is 34.1 Å². The minimum atomic E-state index is -3.17. The van der Waals surface area contributed by atoms with Crippen LogP contribution in [-0.2, 0) is 19.1 Å². The molecular formula is C22H28F3N5O6. The van der Waals surface area contributed by atoms with E-state index in [0.717, 1.165) is 12.8 Å². The molecule has 4 rings (SSSR count). The van der Waals surface area contributed by atoms with Crippen molar-refractivity contribution in [1.29, 1.82) is 0 Å². The third-order valence-corrected chi connectivity index (χ3v) is 6.12. The van der Waals surface area contributed by atoms with Crippen LogP contribution in [-0.4, -0.2) is 94.2 Å². The van der Waals surface area contributed by atoms with Gasteiger partial charge in [-0.25, -0.2) is 19.0 Å². The van der Waals surface area contributed by atoms with Gasteiger partial charge in [-0.15, -0.1) is 0 Å². The number of amides is 4. The molecule has 4 amide bonds. The average Bonchev–Trinajstić information content (AvgIpc) is 3.07. The Hall–Kier alpha value is -3.26. The second-order valence-electron chi connectivity index (χ2n) is 8.56. The van der Waals surface area contributed by atoms with Crippen molar-refractivity contribution in [1.82, 2.24) is 15.7 Å². The normalized spacial score (nSPS) is 21.4. The summed E-state index contributed by atoms with van der Waals surface area (Å²) in [4.78, 5) is 44.2. The van der Waals surface area contributed by atoms with Crippen molar-refractivity contribution in [2.45, 2.75) is 31.4 Å². The highest BCUT2D eigenvalue weighted by Gasteiger charge is 2.34. The molecular weight excluding hydrogens is 487 g/mol. The summed E-state index contributed by atoms with van der Waals surface area (Å²) in [6.45, 7) is 1.95. The van der Waals surface area contributed by atoms with Crippen LogP contribution in [0.2, 0.25) is 0 Å². The van der Waals surface area contributed by atoms with Gasteiger partial charge < -0.3 is 25.0 Å². The van der Waals surface area contributed by atoms with Gasteiger partial charge >= 0.3 is 18.5 Å². The number of nitrogens with one attached hydrogen (secondary N) is 2. The standard InChI is InChI=1S/C22H28F3N5O6/c23-17-11-15(29-13-16(36-22(29)33)12-26-20(31)19(24)25)1-2-18(17)28-5-6-30(35-10-7-28)21(32)27-14-3-8-34-9-4-14/h1-2,11,14,16,19H,3-10,12-13H2,(H,26,31)(H,27,32)/t16-/m0/s1. The number of urea groups is 1. The van der Waals surface area contributed by atoms with Crippen molar-refractivity contribution in [3.8, 4) is 0 Å². The van der Waals surface area contributed by atoms with Crippen LogP contribution in [0.3, 0.4) is 0 Å². The molecule has 36 heavy (non-hydrogen) atoms. The van der Waals surface area contributed by atoms with Crippen molar-refractivity contribution in [3.63, 3.8) is 0 Å². The third-order valence-electron chi connectivity index (χ3n) is 6.12. The number of benzene rings is 1. The minimum absolute atomic E-state index is 0.0247. The number of carbonyl (C=O) groups excluding carboxylic acids is 3. The number of carbonyl (C=O) groups is 3. The van der Waals surface area contributed by atoms with Gasteiger partial charge in [0.15, 0.2) is 0 Å². The van der Waals surface area contributed by atoms with E-state index < -0.39 is 30.3 Å². The lowest BCUT2D eigenvalue weighted by Gasteiger charge is -2.27. The number of alkyl halides is 2. The van der Waals surface area contributed by atoms with Gasteiger partial charge in [-0.3, -0.25) is 14.5 Å². The van der Waals surface area contributed by atoms with Crippen LogP contribution < -0.4 is 20.4 Å². The van der Waals surface area contributed by atoms with Gasteiger partial charge in [0.05, 0.1) is 37.6 Å². The second kappa shape index (κ2) is 11.6. The molecule has 0 unspecified atom stereocenters. The molecule has 3 fully saturated rings. The van der Waals surface area contributed by atoms with Crippen LogP contribution in [0.5, 0.6) is 0 Å². The van der Waals surface area contributed by atoms with Crippen molar-refractivity contribution >= 4 is 29.4 Å². The molecule has 11 nitrogen and oxygen atoms in total. The number of cyclic esters (lactones) is 1. The summed E-state index contributed by atoms with van der Waals surface area (Å²) < 4.78 is 50.1. The van der Waals surface area contributed by atoms with Crippen molar-refractivity contribution in [3.05, 3.63) is 24.0 Å². The second-order valence-corrected chi connectivity index (χ2v) is 8.56. The van der Waals surface area contributed by atoms with Crippen molar-refractivity contribution in [2.75, 3.05) is 62.3 Å². The Bertz CT molecular complexity index is 964. The van der Waals surface area contributed by atoms with Crippen molar-refractivity contribution in [2.24, 2.45) is 0 Å². The number of halogens is 3. The van der Waals surface area contributed by atoms with Gasteiger partial charge in [0.1, 0.15) is 11.9 Å². The molecule has 3 heterocycles. The average molecular weight is 515 g/mol. The topological polar surface area (TPSA) is 113 Å². The molecule has 1 aromatic rings. The molecule has 0 saturated carbocycles. The molecule has 198 valence electrons. The van der Waals surface area contributed by atoms with Crippen LogP contribution in [0.25, 0.3) is 0 Å².